The lowest BCUT2D eigenvalue weighted by molar-refractivity contribution is -0.260. The van der Waals surface area contributed by atoms with E-state index in [0.29, 0.717) is 17.4 Å². The van der Waals surface area contributed by atoms with Gasteiger partial charge in [-0.05, 0) is 45.6 Å². The highest BCUT2D eigenvalue weighted by Gasteiger charge is 2.33. The van der Waals surface area contributed by atoms with E-state index in [4.69, 9.17) is 16.3 Å². The van der Waals surface area contributed by atoms with Gasteiger partial charge in [0.2, 0.25) is 0 Å². The van der Waals surface area contributed by atoms with Crippen LogP contribution in [0.15, 0.2) is 12.1 Å². The molecule has 1 aromatic carbocycles. The SMILES string of the molecule is CCOc1c(Cl)cc(C)cc1C(O)(O)N(C)C. The largest absolute Gasteiger partial charge is 0.492 e. The normalized spacial score (nSPS) is 12.0. The van der Waals surface area contributed by atoms with Crippen LogP contribution in [-0.2, 0) is 5.91 Å². The molecule has 0 unspecified atom stereocenters. The fraction of sp³-hybridized carbons (Fsp3) is 0.500. The molecule has 0 atom stereocenters. The monoisotopic (exact) mass is 259 g/mol. The van der Waals surface area contributed by atoms with Crippen molar-refractivity contribution in [2.24, 2.45) is 0 Å². The fourth-order valence-corrected chi connectivity index (χ4v) is 1.84. The lowest BCUT2D eigenvalue weighted by atomic mass is 10.1. The van der Waals surface area contributed by atoms with Gasteiger partial charge in [-0.1, -0.05) is 11.6 Å². The highest BCUT2D eigenvalue weighted by atomic mass is 35.5. The average Bonchev–Trinajstić information content (AvgIpc) is 2.21. The zero-order chi connectivity index (χ0) is 13.2. The number of hydrogen-bond donors (Lipinski definition) is 2. The van der Waals surface area contributed by atoms with Crippen molar-refractivity contribution in [3.63, 3.8) is 0 Å². The van der Waals surface area contributed by atoms with Crippen LogP contribution < -0.4 is 4.74 Å². The topological polar surface area (TPSA) is 52.9 Å². The number of nitrogens with zero attached hydrogens (tertiary/aromatic N) is 1. The van der Waals surface area contributed by atoms with Gasteiger partial charge in [0.15, 0.2) is 0 Å². The molecule has 2 N–H and O–H groups in total. The Hall–Kier alpha value is -0.810. The number of aliphatic hydroxyl groups is 2. The van der Waals surface area contributed by atoms with Gasteiger partial charge < -0.3 is 14.9 Å². The number of aryl methyl sites for hydroxylation is 1. The molecule has 5 heteroatoms. The molecular weight excluding hydrogens is 242 g/mol. The molecule has 0 radical (unpaired) electrons. The summed E-state index contributed by atoms with van der Waals surface area (Å²) in [5, 5.41) is 20.5. The van der Waals surface area contributed by atoms with E-state index in [1.165, 1.54) is 4.90 Å². The van der Waals surface area contributed by atoms with E-state index in [-0.39, 0.29) is 5.56 Å². The van der Waals surface area contributed by atoms with Gasteiger partial charge in [-0.15, -0.1) is 0 Å². The molecule has 0 heterocycles. The molecule has 0 bridgehead atoms. The van der Waals surface area contributed by atoms with Gasteiger partial charge >= 0.3 is 0 Å². The third-order valence-electron chi connectivity index (χ3n) is 2.46. The first kappa shape index (κ1) is 14.3. The first-order valence-corrected chi connectivity index (χ1v) is 5.74. The van der Waals surface area contributed by atoms with Crippen molar-refractivity contribution in [3.8, 4) is 5.75 Å². The molecule has 0 aromatic heterocycles. The van der Waals surface area contributed by atoms with Crippen LogP contribution in [0.1, 0.15) is 18.1 Å². The Bertz CT molecular complexity index is 405. The molecule has 0 fully saturated rings. The van der Waals surface area contributed by atoms with Crippen LogP contribution in [0.25, 0.3) is 0 Å². The van der Waals surface area contributed by atoms with Crippen LogP contribution in [0.4, 0.5) is 0 Å². The van der Waals surface area contributed by atoms with Crippen molar-refractivity contribution in [2.75, 3.05) is 20.7 Å². The Morgan fingerprint density at radius 3 is 2.41 bits per heavy atom. The van der Waals surface area contributed by atoms with E-state index in [1.54, 1.807) is 26.2 Å². The summed E-state index contributed by atoms with van der Waals surface area (Å²) < 4.78 is 5.38. The molecule has 0 aliphatic carbocycles. The summed E-state index contributed by atoms with van der Waals surface area (Å²) in [5.41, 5.74) is 1.08. The molecule has 0 amide bonds. The summed E-state index contributed by atoms with van der Waals surface area (Å²) in [7, 11) is 3.12. The minimum atomic E-state index is -2.11. The summed E-state index contributed by atoms with van der Waals surface area (Å²) in [4.78, 5) is 1.28. The maximum Gasteiger partial charge on any atom is 0.256 e. The van der Waals surface area contributed by atoms with E-state index in [2.05, 4.69) is 0 Å². The van der Waals surface area contributed by atoms with Crippen molar-refractivity contribution in [3.05, 3.63) is 28.3 Å². The van der Waals surface area contributed by atoms with Crippen molar-refractivity contribution in [1.29, 1.82) is 0 Å². The second-order valence-corrected chi connectivity index (χ2v) is 4.49. The van der Waals surface area contributed by atoms with Crippen LogP contribution in [-0.4, -0.2) is 35.8 Å². The van der Waals surface area contributed by atoms with E-state index in [1.807, 2.05) is 13.8 Å². The Labute approximate surface area is 106 Å². The van der Waals surface area contributed by atoms with Gasteiger partial charge in [-0.25, -0.2) is 0 Å². The third-order valence-corrected chi connectivity index (χ3v) is 2.74. The van der Waals surface area contributed by atoms with Crippen molar-refractivity contribution in [1.82, 2.24) is 4.90 Å². The molecule has 0 aliphatic rings. The first-order valence-electron chi connectivity index (χ1n) is 5.36. The molecular formula is C12H18ClNO3. The third kappa shape index (κ3) is 2.90. The molecule has 0 spiro atoms. The Balaban J connectivity index is 3.39. The van der Waals surface area contributed by atoms with Crippen LogP contribution in [0.2, 0.25) is 5.02 Å². The second-order valence-electron chi connectivity index (χ2n) is 4.09. The lowest BCUT2D eigenvalue weighted by Crippen LogP contribution is -2.41. The van der Waals surface area contributed by atoms with Gasteiger partial charge in [-0.2, -0.15) is 0 Å². The molecule has 0 saturated carbocycles. The minimum absolute atomic E-state index is 0.245. The zero-order valence-electron chi connectivity index (χ0n) is 10.5. The van der Waals surface area contributed by atoms with Gasteiger partial charge in [0, 0.05) is 0 Å². The summed E-state index contributed by atoms with van der Waals surface area (Å²) in [6.07, 6.45) is 0. The Morgan fingerprint density at radius 2 is 1.94 bits per heavy atom. The molecule has 0 aliphatic heterocycles. The van der Waals surface area contributed by atoms with E-state index >= 15 is 0 Å². The Kier molecular flexibility index (Phi) is 4.38. The number of ether oxygens (including phenoxy) is 1. The number of halogens is 1. The highest BCUT2D eigenvalue weighted by Crippen LogP contribution is 2.36. The van der Waals surface area contributed by atoms with Crippen LogP contribution >= 0.6 is 11.6 Å². The lowest BCUT2D eigenvalue weighted by Gasteiger charge is -2.31. The van der Waals surface area contributed by atoms with Crippen molar-refractivity contribution in [2.45, 2.75) is 19.8 Å². The second kappa shape index (κ2) is 5.23. The quantitative estimate of drug-likeness (QED) is 0.809. The maximum atomic E-state index is 10.1. The van der Waals surface area contributed by atoms with Gasteiger partial charge in [0.05, 0.1) is 17.2 Å². The molecule has 0 saturated heterocycles. The van der Waals surface area contributed by atoms with E-state index in [9.17, 15) is 10.2 Å². The summed E-state index contributed by atoms with van der Waals surface area (Å²) in [6.45, 7) is 4.04. The molecule has 1 aromatic rings. The van der Waals surface area contributed by atoms with Crippen LogP contribution in [0.3, 0.4) is 0 Å². The number of benzene rings is 1. The van der Waals surface area contributed by atoms with Crippen LogP contribution in [0, 0.1) is 6.92 Å². The van der Waals surface area contributed by atoms with Gasteiger partial charge in [0.25, 0.3) is 5.91 Å². The minimum Gasteiger partial charge on any atom is -0.492 e. The predicted molar refractivity (Wildman–Crippen MR) is 67.2 cm³/mol. The highest BCUT2D eigenvalue weighted by molar-refractivity contribution is 6.32. The first-order chi connectivity index (χ1) is 7.80. The number of hydrogen-bond acceptors (Lipinski definition) is 4. The maximum absolute atomic E-state index is 10.1. The summed E-state index contributed by atoms with van der Waals surface area (Å²) >= 11 is 6.06. The number of rotatable bonds is 4. The molecule has 4 nitrogen and oxygen atoms in total. The van der Waals surface area contributed by atoms with Crippen molar-refractivity contribution >= 4 is 11.6 Å². The summed E-state index contributed by atoms with van der Waals surface area (Å²) in [6, 6.07) is 3.37. The van der Waals surface area contributed by atoms with E-state index in [0.717, 1.165) is 5.56 Å². The van der Waals surface area contributed by atoms with Gasteiger partial charge in [-0.3, -0.25) is 4.90 Å². The van der Waals surface area contributed by atoms with Gasteiger partial charge in [0.1, 0.15) is 5.75 Å². The van der Waals surface area contributed by atoms with Crippen molar-refractivity contribution < 1.29 is 14.9 Å². The fourth-order valence-electron chi connectivity index (χ4n) is 1.51. The molecule has 17 heavy (non-hydrogen) atoms. The predicted octanol–water partition coefficient (Wildman–Crippen LogP) is 1.70. The van der Waals surface area contributed by atoms with Crippen LogP contribution in [0.5, 0.6) is 5.75 Å². The zero-order valence-corrected chi connectivity index (χ0v) is 11.2. The van der Waals surface area contributed by atoms with E-state index < -0.39 is 5.91 Å². The average molecular weight is 260 g/mol. The molecule has 96 valence electrons. The smallest absolute Gasteiger partial charge is 0.256 e. The Morgan fingerprint density at radius 1 is 1.35 bits per heavy atom. The standard InChI is InChI=1S/C12H18ClNO3/c1-5-17-11-9(12(15,16)14(3)4)6-8(2)7-10(11)13/h6-7,15-16H,5H2,1-4H3. The molecule has 1 rings (SSSR count). The summed E-state index contributed by atoms with van der Waals surface area (Å²) in [5.74, 6) is -1.81.